The van der Waals surface area contributed by atoms with Crippen molar-refractivity contribution < 1.29 is 14.3 Å². The second-order valence-electron chi connectivity index (χ2n) is 9.41. The van der Waals surface area contributed by atoms with Crippen LogP contribution in [0.5, 0.6) is 5.75 Å². The van der Waals surface area contributed by atoms with E-state index in [0.717, 1.165) is 23.3 Å². The Hall–Kier alpha value is -2.29. The van der Waals surface area contributed by atoms with Crippen LogP contribution in [0.2, 0.25) is 0 Å². The van der Waals surface area contributed by atoms with Gasteiger partial charge in [-0.15, -0.1) is 0 Å². The van der Waals surface area contributed by atoms with E-state index in [9.17, 15) is 4.79 Å². The van der Waals surface area contributed by atoms with Gasteiger partial charge in [0.05, 0.1) is 13.2 Å². The molecule has 0 N–H and O–H groups in total. The van der Waals surface area contributed by atoms with E-state index < -0.39 is 0 Å². The highest BCUT2D eigenvalue weighted by molar-refractivity contribution is 5.83. The monoisotopic (exact) mass is 410 g/mol. The van der Waals surface area contributed by atoms with Crippen LogP contribution in [0.4, 0.5) is 0 Å². The minimum absolute atomic E-state index is 0.158. The van der Waals surface area contributed by atoms with Crippen LogP contribution < -0.4 is 4.74 Å². The maximum atomic E-state index is 11.5. The molecule has 1 aliphatic carbocycles. The number of rotatable bonds is 8. The molecule has 1 aromatic carbocycles. The number of carbonyl (C=O) groups excluding carboxylic acids is 1. The topological polar surface area (TPSA) is 35.5 Å². The van der Waals surface area contributed by atoms with E-state index in [1.165, 1.54) is 30.0 Å². The molecule has 3 heteroatoms. The molecule has 0 spiro atoms. The maximum Gasteiger partial charge on any atom is 0.330 e. The van der Waals surface area contributed by atoms with Gasteiger partial charge in [0.15, 0.2) is 0 Å². The van der Waals surface area contributed by atoms with Gasteiger partial charge in [-0.1, -0.05) is 58.9 Å². The Morgan fingerprint density at radius 2 is 1.67 bits per heavy atom. The maximum absolute atomic E-state index is 11.5. The molecule has 1 aromatic rings. The van der Waals surface area contributed by atoms with Crippen molar-refractivity contribution in [1.82, 2.24) is 0 Å². The highest BCUT2D eigenvalue weighted by atomic mass is 16.5. The Morgan fingerprint density at radius 3 is 2.27 bits per heavy atom. The fraction of sp³-hybridized carbons (Fsp3) is 0.519. The summed E-state index contributed by atoms with van der Waals surface area (Å²) in [6.45, 7) is 16.3. The Bertz CT molecular complexity index is 838. The summed E-state index contributed by atoms with van der Waals surface area (Å²) in [7, 11) is 0. The minimum atomic E-state index is -0.307. The lowest BCUT2D eigenvalue weighted by atomic mass is 9.63. The zero-order valence-corrected chi connectivity index (χ0v) is 19.8. The van der Waals surface area contributed by atoms with Crippen LogP contribution in [0.1, 0.15) is 84.4 Å². The summed E-state index contributed by atoms with van der Waals surface area (Å²) >= 11 is 0. The van der Waals surface area contributed by atoms with Gasteiger partial charge >= 0.3 is 5.97 Å². The molecular weight excluding hydrogens is 372 g/mol. The Morgan fingerprint density at radius 1 is 1.03 bits per heavy atom. The number of benzene rings is 1. The van der Waals surface area contributed by atoms with Crippen molar-refractivity contribution in [2.45, 2.75) is 78.6 Å². The molecule has 0 aliphatic heterocycles. The number of hydrogen-bond donors (Lipinski definition) is 0. The first-order valence-corrected chi connectivity index (χ1v) is 11.1. The molecule has 0 fully saturated rings. The van der Waals surface area contributed by atoms with Gasteiger partial charge in [0.2, 0.25) is 0 Å². The number of carbonyl (C=O) groups is 1. The molecule has 0 saturated carbocycles. The second kappa shape index (κ2) is 10.1. The zero-order chi connectivity index (χ0) is 22.4. The molecule has 0 amide bonds. The van der Waals surface area contributed by atoms with Crippen LogP contribution in [0.15, 0.2) is 42.0 Å². The lowest BCUT2D eigenvalue weighted by molar-refractivity contribution is -0.137. The Kier molecular flexibility index (Phi) is 8.11. The quantitative estimate of drug-likeness (QED) is 0.265. The van der Waals surface area contributed by atoms with Crippen LogP contribution in [-0.2, 0) is 20.4 Å². The van der Waals surface area contributed by atoms with E-state index in [1.54, 1.807) is 6.92 Å². The van der Waals surface area contributed by atoms with Crippen LogP contribution in [-0.4, -0.2) is 19.2 Å². The van der Waals surface area contributed by atoms with Crippen molar-refractivity contribution >= 4 is 12.0 Å². The first-order chi connectivity index (χ1) is 14.1. The van der Waals surface area contributed by atoms with Gasteiger partial charge in [-0.25, -0.2) is 4.79 Å². The summed E-state index contributed by atoms with van der Waals surface area (Å²) in [5, 5.41) is 0. The number of hydrogen-bond acceptors (Lipinski definition) is 3. The summed E-state index contributed by atoms with van der Waals surface area (Å²) in [6, 6.07) is 4.58. The van der Waals surface area contributed by atoms with Gasteiger partial charge in [-0.05, 0) is 72.8 Å². The van der Waals surface area contributed by atoms with Crippen LogP contribution >= 0.6 is 0 Å². The number of esters is 1. The predicted octanol–water partition coefficient (Wildman–Crippen LogP) is 6.90. The standard InChI is InChI=1S/C27H38O3/c1-8-16-30-24-19-23-22(26(4,5)14-15-27(23,6)7)18-21(24)13-11-10-12-20(3)17-25(28)29-9-2/h10-13,17-19H,8-9,14-16H2,1-7H3/b12-10+,13-11+,20-17+. The average molecular weight is 411 g/mol. The molecule has 0 radical (unpaired) electrons. The first-order valence-electron chi connectivity index (χ1n) is 11.1. The van der Waals surface area contributed by atoms with E-state index in [1.807, 2.05) is 25.2 Å². The zero-order valence-electron chi connectivity index (χ0n) is 19.8. The molecule has 0 heterocycles. The van der Waals surface area contributed by atoms with Crippen molar-refractivity contribution in [1.29, 1.82) is 0 Å². The van der Waals surface area contributed by atoms with Crippen LogP contribution in [0.25, 0.3) is 6.08 Å². The Labute approximate surface area is 182 Å². The highest BCUT2D eigenvalue weighted by Crippen LogP contribution is 2.47. The summed E-state index contributed by atoms with van der Waals surface area (Å²) in [4.78, 5) is 11.5. The fourth-order valence-corrected chi connectivity index (χ4v) is 3.86. The molecule has 0 bridgehead atoms. The molecule has 3 nitrogen and oxygen atoms in total. The fourth-order valence-electron chi connectivity index (χ4n) is 3.86. The molecule has 164 valence electrons. The van der Waals surface area contributed by atoms with Crippen LogP contribution in [0.3, 0.4) is 0 Å². The first kappa shape index (κ1) is 24.0. The number of ether oxygens (including phenoxy) is 2. The average Bonchev–Trinajstić information content (AvgIpc) is 2.67. The minimum Gasteiger partial charge on any atom is -0.493 e. The smallest absolute Gasteiger partial charge is 0.330 e. The molecule has 0 atom stereocenters. The van der Waals surface area contributed by atoms with Gasteiger partial charge in [0.25, 0.3) is 0 Å². The van der Waals surface area contributed by atoms with E-state index in [4.69, 9.17) is 9.47 Å². The van der Waals surface area contributed by atoms with Crippen LogP contribution in [0, 0.1) is 0 Å². The van der Waals surface area contributed by atoms with E-state index in [0.29, 0.717) is 13.2 Å². The third-order valence-corrected chi connectivity index (χ3v) is 5.82. The highest BCUT2D eigenvalue weighted by Gasteiger charge is 2.37. The number of allylic oxidation sites excluding steroid dienone is 4. The molecule has 0 unspecified atom stereocenters. The SMILES string of the molecule is CCCOc1cc2c(cc1/C=C/C=C/C(C)=C/C(=O)OCC)C(C)(C)CCC2(C)C. The van der Waals surface area contributed by atoms with Crippen molar-refractivity contribution in [2.75, 3.05) is 13.2 Å². The van der Waals surface area contributed by atoms with Gasteiger partial charge in [-0.2, -0.15) is 0 Å². The third kappa shape index (κ3) is 6.10. The van der Waals surface area contributed by atoms with Gasteiger partial charge in [-0.3, -0.25) is 0 Å². The summed E-state index contributed by atoms with van der Waals surface area (Å²) < 4.78 is 11.1. The van der Waals surface area contributed by atoms with Gasteiger partial charge in [0.1, 0.15) is 5.75 Å². The normalized spacial score (nSPS) is 17.9. The van der Waals surface area contributed by atoms with Gasteiger partial charge in [0, 0.05) is 11.6 Å². The van der Waals surface area contributed by atoms with E-state index in [-0.39, 0.29) is 16.8 Å². The lowest BCUT2D eigenvalue weighted by Gasteiger charge is -2.42. The van der Waals surface area contributed by atoms with Crippen molar-refractivity contribution in [3.63, 3.8) is 0 Å². The van der Waals surface area contributed by atoms with Gasteiger partial charge < -0.3 is 9.47 Å². The summed E-state index contributed by atoms with van der Waals surface area (Å²) in [5.74, 6) is 0.642. The summed E-state index contributed by atoms with van der Waals surface area (Å²) in [6.07, 6.45) is 12.8. The van der Waals surface area contributed by atoms with E-state index >= 15 is 0 Å². The van der Waals surface area contributed by atoms with E-state index in [2.05, 4.69) is 52.8 Å². The number of fused-ring (bicyclic) bond motifs is 1. The predicted molar refractivity (Wildman–Crippen MR) is 126 cm³/mol. The molecule has 2 rings (SSSR count). The molecule has 0 aromatic heterocycles. The lowest BCUT2D eigenvalue weighted by Crippen LogP contribution is -2.34. The Balaban J connectivity index is 2.35. The van der Waals surface area contributed by atoms with Crippen molar-refractivity contribution in [3.05, 3.63) is 58.7 Å². The van der Waals surface area contributed by atoms with Crippen molar-refractivity contribution in [3.8, 4) is 5.75 Å². The largest absolute Gasteiger partial charge is 0.493 e. The molecule has 30 heavy (non-hydrogen) atoms. The summed E-state index contributed by atoms with van der Waals surface area (Å²) in [5.41, 5.74) is 5.10. The molecule has 0 saturated heterocycles. The molecule has 1 aliphatic rings. The van der Waals surface area contributed by atoms with Crippen molar-refractivity contribution in [2.24, 2.45) is 0 Å². The molecular formula is C27H38O3. The third-order valence-electron chi connectivity index (χ3n) is 5.82. The second-order valence-corrected chi connectivity index (χ2v) is 9.41.